The molecule has 0 saturated heterocycles. The van der Waals surface area contributed by atoms with Gasteiger partial charge in [0.2, 0.25) is 0 Å². The first-order chi connectivity index (χ1) is 6.58. The topological polar surface area (TPSA) is 67.5 Å². The van der Waals surface area contributed by atoms with Crippen LogP contribution >= 0.6 is 11.6 Å². The average Bonchev–Trinajstić information content (AvgIpc) is 2.45. The van der Waals surface area contributed by atoms with Crippen molar-refractivity contribution in [1.29, 1.82) is 0 Å². The lowest BCUT2D eigenvalue weighted by Gasteiger charge is -2.15. The van der Waals surface area contributed by atoms with Crippen LogP contribution in [0.5, 0.6) is 0 Å². The van der Waals surface area contributed by atoms with Crippen LogP contribution in [-0.2, 0) is 11.2 Å². The van der Waals surface area contributed by atoms with Gasteiger partial charge >= 0.3 is 5.97 Å². The molecule has 1 unspecified atom stereocenters. The maximum atomic E-state index is 11.4. The first-order valence-corrected chi connectivity index (χ1v) is 4.50. The maximum absolute atomic E-state index is 11.4. The van der Waals surface area contributed by atoms with Gasteiger partial charge in [0, 0.05) is 12.0 Å². The molecule has 1 atom stereocenters. The first kappa shape index (κ1) is 9.27. The Kier molecular flexibility index (Phi) is 2.07. The normalized spacial score (nSPS) is 20.6. The van der Waals surface area contributed by atoms with Gasteiger partial charge in [0.05, 0.1) is 5.92 Å². The Morgan fingerprint density at radius 2 is 2.29 bits per heavy atom. The molecule has 2 rings (SSSR count). The molecule has 1 N–H and O–H groups in total. The van der Waals surface area contributed by atoms with Gasteiger partial charge in [-0.05, 0) is 24.1 Å². The minimum absolute atomic E-state index is 0.00776. The van der Waals surface area contributed by atoms with Crippen molar-refractivity contribution < 1.29 is 19.1 Å². The Labute approximate surface area is 84.5 Å². The highest BCUT2D eigenvalue weighted by atomic mass is 35.5. The van der Waals surface area contributed by atoms with Crippen LogP contribution in [0.3, 0.4) is 0 Å². The molecule has 0 radical (unpaired) electrons. The Morgan fingerprint density at radius 3 is 2.93 bits per heavy atom. The number of rotatable bonds is 1. The summed E-state index contributed by atoms with van der Waals surface area (Å²) < 4.78 is 4.97. The third-order valence-electron chi connectivity index (χ3n) is 2.28. The standard InChI is InChI=1S/C9H7ClO4/c10-7-3-4-1-5(9(12)13)2-6(11)8(4)14-7/h3,5H,1-2H2,(H,12,13). The van der Waals surface area contributed by atoms with Gasteiger partial charge in [-0.2, -0.15) is 0 Å². The zero-order chi connectivity index (χ0) is 10.3. The number of carbonyl (C=O) groups excluding carboxylic acids is 1. The lowest BCUT2D eigenvalue weighted by Crippen LogP contribution is -2.25. The van der Waals surface area contributed by atoms with Crippen LogP contribution in [0.4, 0.5) is 0 Å². The number of carboxylic acid groups (broad SMARTS) is 1. The van der Waals surface area contributed by atoms with Crippen molar-refractivity contribution in [2.45, 2.75) is 12.8 Å². The second kappa shape index (κ2) is 3.13. The number of carboxylic acids is 1. The van der Waals surface area contributed by atoms with Gasteiger partial charge in [0.25, 0.3) is 0 Å². The van der Waals surface area contributed by atoms with Crippen LogP contribution in [0.1, 0.15) is 22.5 Å². The third-order valence-corrected chi connectivity index (χ3v) is 2.47. The Hall–Kier alpha value is -1.29. The summed E-state index contributed by atoms with van der Waals surface area (Å²) >= 11 is 5.58. The summed E-state index contributed by atoms with van der Waals surface area (Å²) in [6.45, 7) is 0. The van der Waals surface area contributed by atoms with E-state index in [1.54, 1.807) is 0 Å². The van der Waals surface area contributed by atoms with E-state index in [0.717, 1.165) is 0 Å². The van der Waals surface area contributed by atoms with Gasteiger partial charge in [0.1, 0.15) is 0 Å². The van der Waals surface area contributed by atoms with Gasteiger partial charge < -0.3 is 9.52 Å². The van der Waals surface area contributed by atoms with E-state index >= 15 is 0 Å². The van der Waals surface area contributed by atoms with Crippen LogP contribution in [0.2, 0.25) is 5.22 Å². The fourth-order valence-corrected chi connectivity index (χ4v) is 1.82. The number of carbonyl (C=O) groups is 2. The van der Waals surface area contributed by atoms with Crippen molar-refractivity contribution in [1.82, 2.24) is 0 Å². The summed E-state index contributed by atoms with van der Waals surface area (Å²) in [6.07, 6.45) is 0.304. The molecule has 1 aliphatic carbocycles. The second-order valence-electron chi connectivity index (χ2n) is 3.27. The SMILES string of the molecule is O=C1CC(C(=O)O)Cc2cc(Cl)oc21. The van der Waals surface area contributed by atoms with E-state index in [0.29, 0.717) is 12.0 Å². The summed E-state index contributed by atoms with van der Waals surface area (Å²) in [5, 5.41) is 8.91. The molecule has 1 aromatic rings. The quantitative estimate of drug-likeness (QED) is 0.774. The molecule has 4 nitrogen and oxygen atoms in total. The zero-order valence-corrected chi connectivity index (χ0v) is 7.87. The van der Waals surface area contributed by atoms with Gasteiger partial charge in [0.15, 0.2) is 16.8 Å². The number of furan rings is 1. The smallest absolute Gasteiger partial charge is 0.307 e. The molecule has 14 heavy (non-hydrogen) atoms. The van der Waals surface area contributed by atoms with Gasteiger partial charge in [-0.1, -0.05) is 0 Å². The Morgan fingerprint density at radius 1 is 1.57 bits per heavy atom. The number of hydrogen-bond donors (Lipinski definition) is 1. The third kappa shape index (κ3) is 1.42. The lowest BCUT2D eigenvalue weighted by atomic mass is 9.87. The highest BCUT2D eigenvalue weighted by Gasteiger charge is 2.32. The molecule has 0 aromatic carbocycles. The molecule has 5 heteroatoms. The van der Waals surface area contributed by atoms with E-state index in [1.807, 2.05) is 0 Å². The van der Waals surface area contributed by atoms with E-state index in [2.05, 4.69) is 0 Å². The van der Waals surface area contributed by atoms with E-state index < -0.39 is 11.9 Å². The lowest BCUT2D eigenvalue weighted by molar-refractivity contribution is -0.141. The Bertz CT molecular complexity index is 407. The predicted octanol–water partition coefficient (Wildman–Crippen LogP) is 1.76. The van der Waals surface area contributed by atoms with Crippen molar-refractivity contribution in [3.8, 4) is 0 Å². The summed E-state index contributed by atoms with van der Waals surface area (Å²) in [6, 6.07) is 1.50. The monoisotopic (exact) mass is 214 g/mol. The van der Waals surface area contributed by atoms with Crippen LogP contribution < -0.4 is 0 Å². The Balaban J connectivity index is 2.37. The van der Waals surface area contributed by atoms with Crippen molar-refractivity contribution >= 4 is 23.4 Å². The summed E-state index contributed by atoms with van der Waals surface area (Å²) in [5.74, 6) is -1.68. The van der Waals surface area contributed by atoms with Crippen molar-refractivity contribution in [3.05, 3.63) is 22.6 Å². The van der Waals surface area contributed by atoms with Gasteiger partial charge in [-0.15, -0.1) is 0 Å². The summed E-state index contributed by atoms with van der Waals surface area (Å²) in [7, 11) is 0. The molecule has 0 aliphatic heterocycles. The fourth-order valence-electron chi connectivity index (χ4n) is 1.61. The molecule has 0 saturated carbocycles. The molecule has 1 heterocycles. The van der Waals surface area contributed by atoms with Crippen molar-refractivity contribution in [3.63, 3.8) is 0 Å². The largest absolute Gasteiger partial charge is 0.481 e. The van der Waals surface area contributed by atoms with Crippen molar-refractivity contribution in [2.24, 2.45) is 5.92 Å². The minimum atomic E-state index is -0.957. The van der Waals surface area contributed by atoms with Crippen LogP contribution in [0, 0.1) is 5.92 Å². The number of fused-ring (bicyclic) bond motifs is 1. The summed E-state index contributed by atoms with van der Waals surface area (Å²) in [4.78, 5) is 22.1. The molecule has 1 aromatic heterocycles. The second-order valence-corrected chi connectivity index (χ2v) is 3.64. The zero-order valence-electron chi connectivity index (χ0n) is 7.12. The molecule has 74 valence electrons. The van der Waals surface area contributed by atoms with Gasteiger partial charge in [-0.3, -0.25) is 9.59 Å². The van der Waals surface area contributed by atoms with E-state index in [4.69, 9.17) is 21.1 Å². The molecule has 0 bridgehead atoms. The molecule has 1 aliphatic rings. The van der Waals surface area contributed by atoms with E-state index in [9.17, 15) is 9.59 Å². The minimum Gasteiger partial charge on any atom is -0.481 e. The number of halogens is 1. The highest BCUT2D eigenvalue weighted by molar-refractivity contribution is 6.29. The molecule has 0 fully saturated rings. The molecule has 0 amide bonds. The number of hydrogen-bond acceptors (Lipinski definition) is 3. The number of ketones is 1. The number of Topliss-reactive ketones (excluding diaryl/α,β-unsaturated/α-hetero) is 1. The van der Waals surface area contributed by atoms with Crippen molar-refractivity contribution in [2.75, 3.05) is 0 Å². The molecule has 0 spiro atoms. The van der Waals surface area contributed by atoms with Crippen LogP contribution in [-0.4, -0.2) is 16.9 Å². The molecular weight excluding hydrogens is 208 g/mol. The molecular formula is C9H7ClO4. The fraction of sp³-hybridized carbons (Fsp3) is 0.333. The summed E-state index contributed by atoms with van der Waals surface area (Å²) in [5.41, 5.74) is 0.596. The average molecular weight is 215 g/mol. The maximum Gasteiger partial charge on any atom is 0.307 e. The van der Waals surface area contributed by atoms with Crippen LogP contribution in [0.25, 0.3) is 0 Å². The van der Waals surface area contributed by atoms with E-state index in [1.165, 1.54) is 6.07 Å². The first-order valence-electron chi connectivity index (χ1n) is 4.12. The number of aliphatic carboxylic acids is 1. The van der Waals surface area contributed by atoms with Crippen LogP contribution in [0.15, 0.2) is 10.5 Å². The van der Waals surface area contributed by atoms with E-state index in [-0.39, 0.29) is 23.2 Å². The predicted molar refractivity (Wildman–Crippen MR) is 47.5 cm³/mol. The van der Waals surface area contributed by atoms with Gasteiger partial charge in [-0.25, -0.2) is 0 Å². The highest BCUT2D eigenvalue weighted by Crippen LogP contribution is 2.30.